The van der Waals surface area contributed by atoms with E-state index in [1.54, 1.807) is 12.3 Å². The van der Waals surface area contributed by atoms with Crippen LogP contribution in [0.15, 0.2) is 24.3 Å². The number of hydrogen-bond acceptors (Lipinski definition) is 2. The quantitative estimate of drug-likeness (QED) is 0.832. The molecule has 0 aliphatic heterocycles. The van der Waals surface area contributed by atoms with Crippen molar-refractivity contribution in [3.05, 3.63) is 35.6 Å². The molecule has 0 saturated heterocycles. The number of halogens is 1. The summed E-state index contributed by atoms with van der Waals surface area (Å²) in [6.07, 6.45) is 1.69. The molecule has 1 N–H and O–H groups in total. The molecule has 15 heavy (non-hydrogen) atoms. The molecule has 1 rings (SSSR count). The van der Waals surface area contributed by atoms with E-state index in [0.717, 1.165) is 5.56 Å². The Balaban J connectivity index is 2.35. The highest BCUT2D eigenvalue weighted by molar-refractivity contribution is 7.84. The summed E-state index contributed by atoms with van der Waals surface area (Å²) in [4.78, 5) is 0. The van der Waals surface area contributed by atoms with Gasteiger partial charge in [-0.15, -0.1) is 0 Å². The molecule has 0 fully saturated rings. The Labute approximate surface area is 92.3 Å². The SMILES string of the molecule is CC(CNCc1cccc(F)c1)S(C)=O. The average molecular weight is 229 g/mol. The van der Waals surface area contributed by atoms with Crippen molar-refractivity contribution in [3.63, 3.8) is 0 Å². The summed E-state index contributed by atoms with van der Waals surface area (Å²) in [6.45, 7) is 3.22. The lowest BCUT2D eigenvalue weighted by molar-refractivity contribution is 0.617. The van der Waals surface area contributed by atoms with Crippen LogP contribution in [0.3, 0.4) is 0 Å². The number of hydrogen-bond donors (Lipinski definition) is 1. The van der Waals surface area contributed by atoms with Crippen molar-refractivity contribution in [1.29, 1.82) is 0 Å². The van der Waals surface area contributed by atoms with Crippen molar-refractivity contribution in [3.8, 4) is 0 Å². The first-order valence-corrected chi connectivity index (χ1v) is 6.49. The van der Waals surface area contributed by atoms with Gasteiger partial charge in [0, 0.05) is 35.4 Å². The molecular weight excluding hydrogens is 213 g/mol. The first-order chi connectivity index (χ1) is 7.09. The molecule has 2 atom stereocenters. The highest BCUT2D eigenvalue weighted by atomic mass is 32.2. The molecule has 0 radical (unpaired) electrons. The predicted molar refractivity (Wildman–Crippen MR) is 61.6 cm³/mol. The predicted octanol–water partition coefficient (Wildman–Crippen LogP) is 1.68. The molecule has 0 bridgehead atoms. The van der Waals surface area contributed by atoms with E-state index >= 15 is 0 Å². The van der Waals surface area contributed by atoms with Gasteiger partial charge >= 0.3 is 0 Å². The van der Waals surface area contributed by atoms with Gasteiger partial charge in [-0.25, -0.2) is 4.39 Å². The van der Waals surface area contributed by atoms with Crippen LogP contribution in [0.2, 0.25) is 0 Å². The fourth-order valence-electron chi connectivity index (χ4n) is 1.18. The van der Waals surface area contributed by atoms with Gasteiger partial charge < -0.3 is 5.32 Å². The van der Waals surface area contributed by atoms with Crippen molar-refractivity contribution in [2.24, 2.45) is 0 Å². The van der Waals surface area contributed by atoms with Gasteiger partial charge in [-0.1, -0.05) is 12.1 Å². The number of benzene rings is 1. The molecule has 84 valence electrons. The van der Waals surface area contributed by atoms with Crippen molar-refractivity contribution in [1.82, 2.24) is 5.32 Å². The fraction of sp³-hybridized carbons (Fsp3) is 0.455. The third-order valence-corrected chi connectivity index (χ3v) is 3.52. The highest BCUT2D eigenvalue weighted by Crippen LogP contribution is 2.02. The maximum atomic E-state index is 12.8. The molecule has 4 heteroatoms. The van der Waals surface area contributed by atoms with E-state index in [0.29, 0.717) is 13.1 Å². The van der Waals surface area contributed by atoms with Gasteiger partial charge in [-0.3, -0.25) is 4.21 Å². The Morgan fingerprint density at radius 1 is 1.53 bits per heavy atom. The van der Waals surface area contributed by atoms with Crippen LogP contribution in [-0.2, 0) is 17.3 Å². The standard InChI is InChI=1S/C11H16FNOS/c1-9(15(2)14)7-13-8-10-4-3-5-11(12)6-10/h3-6,9,13H,7-8H2,1-2H3. The smallest absolute Gasteiger partial charge is 0.123 e. The summed E-state index contributed by atoms with van der Waals surface area (Å²) < 4.78 is 23.9. The zero-order chi connectivity index (χ0) is 11.3. The fourth-order valence-corrected chi connectivity index (χ4v) is 1.54. The Morgan fingerprint density at radius 3 is 2.87 bits per heavy atom. The first kappa shape index (κ1) is 12.3. The first-order valence-electron chi connectivity index (χ1n) is 4.87. The van der Waals surface area contributed by atoms with E-state index in [1.165, 1.54) is 12.1 Å². The molecule has 2 unspecified atom stereocenters. The van der Waals surface area contributed by atoms with Gasteiger partial charge in [-0.05, 0) is 24.6 Å². The number of rotatable bonds is 5. The normalized spacial score (nSPS) is 14.9. The van der Waals surface area contributed by atoms with Crippen LogP contribution in [0, 0.1) is 5.82 Å². The molecule has 0 saturated carbocycles. The van der Waals surface area contributed by atoms with Crippen LogP contribution in [0.4, 0.5) is 4.39 Å². The lowest BCUT2D eigenvalue weighted by Gasteiger charge is -2.09. The summed E-state index contributed by atoms with van der Waals surface area (Å²) in [5, 5.41) is 3.27. The Bertz CT molecular complexity index is 343. The third-order valence-electron chi connectivity index (χ3n) is 2.22. The second-order valence-electron chi connectivity index (χ2n) is 3.57. The minimum Gasteiger partial charge on any atom is -0.311 e. The lowest BCUT2D eigenvalue weighted by Crippen LogP contribution is -2.27. The molecule has 0 spiro atoms. The third kappa shape index (κ3) is 4.53. The van der Waals surface area contributed by atoms with Gasteiger partial charge in [0.15, 0.2) is 0 Å². The van der Waals surface area contributed by atoms with Crippen LogP contribution in [-0.4, -0.2) is 22.3 Å². The van der Waals surface area contributed by atoms with Crippen LogP contribution in [0.5, 0.6) is 0 Å². The molecule has 0 aliphatic rings. The molecule has 0 aromatic heterocycles. The average Bonchev–Trinajstić information content (AvgIpc) is 2.17. The zero-order valence-corrected chi connectivity index (χ0v) is 9.81. The largest absolute Gasteiger partial charge is 0.311 e. The van der Waals surface area contributed by atoms with Gasteiger partial charge in [-0.2, -0.15) is 0 Å². The minimum absolute atomic E-state index is 0.124. The van der Waals surface area contributed by atoms with Crippen LogP contribution >= 0.6 is 0 Å². The Hall–Kier alpha value is -0.740. The van der Waals surface area contributed by atoms with E-state index in [2.05, 4.69) is 5.32 Å². The van der Waals surface area contributed by atoms with E-state index in [9.17, 15) is 8.60 Å². The van der Waals surface area contributed by atoms with E-state index in [1.807, 2.05) is 13.0 Å². The van der Waals surface area contributed by atoms with E-state index < -0.39 is 10.8 Å². The summed E-state index contributed by atoms with van der Waals surface area (Å²) in [5.41, 5.74) is 0.907. The summed E-state index contributed by atoms with van der Waals surface area (Å²) in [5.74, 6) is -0.221. The van der Waals surface area contributed by atoms with E-state index in [4.69, 9.17) is 0 Å². The Kier molecular flexibility index (Phi) is 4.91. The molecule has 1 aromatic rings. The molecule has 0 heterocycles. The second kappa shape index (κ2) is 5.98. The van der Waals surface area contributed by atoms with Crippen LogP contribution in [0.1, 0.15) is 12.5 Å². The Morgan fingerprint density at radius 2 is 2.27 bits per heavy atom. The van der Waals surface area contributed by atoms with Crippen molar-refractivity contribution in [2.75, 3.05) is 12.8 Å². The van der Waals surface area contributed by atoms with Crippen molar-refractivity contribution >= 4 is 10.8 Å². The molecule has 2 nitrogen and oxygen atoms in total. The number of nitrogens with one attached hydrogen (secondary N) is 1. The molecule has 0 amide bonds. The topological polar surface area (TPSA) is 29.1 Å². The monoisotopic (exact) mass is 229 g/mol. The van der Waals surface area contributed by atoms with Crippen molar-refractivity contribution in [2.45, 2.75) is 18.7 Å². The summed E-state index contributed by atoms with van der Waals surface area (Å²) in [6, 6.07) is 6.48. The molecule has 0 aliphatic carbocycles. The van der Waals surface area contributed by atoms with Crippen LogP contribution < -0.4 is 5.32 Å². The zero-order valence-electron chi connectivity index (χ0n) is 9.00. The van der Waals surface area contributed by atoms with Gasteiger partial charge in [0.1, 0.15) is 5.82 Å². The van der Waals surface area contributed by atoms with Crippen molar-refractivity contribution < 1.29 is 8.60 Å². The van der Waals surface area contributed by atoms with Gasteiger partial charge in [0.05, 0.1) is 0 Å². The van der Waals surface area contributed by atoms with Gasteiger partial charge in [0.25, 0.3) is 0 Å². The maximum absolute atomic E-state index is 12.8. The van der Waals surface area contributed by atoms with E-state index in [-0.39, 0.29) is 11.1 Å². The lowest BCUT2D eigenvalue weighted by atomic mass is 10.2. The highest BCUT2D eigenvalue weighted by Gasteiger charge is 2.04. The molecule has 1 aromatic carbocycles. The summed E-state index contributed by atoms with van der Waals surface area (Å²) in [7, 11) is -0.809. The van der Waals surface area contributed by atoms with Gasteiger partial charge in [0.2, 0.25) is 0 Å². The summed E-state index contributed by atoms with van der Waals surface area (Å²) >= 11 is 0. The van der Waals surface area contributed by atoms with Crippen LogP contribution in [0.25, 0.3) is 0 Å². The minimum atomic E-state index is -0.809. The maximum Gasteiger partial charge on any atom is 0.123 e. The molecular formula is C11H16FNOS. The second-order valence-corrected chi connectivity index (χ2v) is 5.37.